The van der Waals surface area contributed by atoms with Crippen molar-refractivity contribution in [3.8, 4) is 11.5 Å². The van der Waals surface area contributed by atoms with Crippen LogP contribution < -0.4 is 0 Å². The van der Waals surface area contributed by atoms with E-state index in [1.54, 1.807) is 12.3 Å². The van der Waals surface area contributed by atoms with E-state index in [4.69, 9.17) is 8.94 Å². The molecule has 3 aromatic rings. The first-order valence-corrected chi connectivity index (χ1v) is 7.96. The van der Waals surface area contributed by atoms with Crippen LogP contribution in [-0.4, -0.2) is 14.3 Å². The monoisotopic (exact) mass is 302 g/mol. The molecule has 3 rings (SSSR count). The number of aryl methyl sites for hydroxylation is 1. The molecule has 21 heavy (non-hydrogen) atoms. The third-order valence-electron chi connectivity index (χ3n) is 2.86. The number of benzene rings is 1. The molecule has 1 unspecified atom stereocenters. The van der Waals surface area contributed by atoms with E-state index in [2.05, 4.69) is 10.1 Å². The summed E-state index contributed by atoms with van der Waals surface area (Å²) in [6.45, 7) is 1.83. The molecule has 0 spiro atoms. The highest BCUT2D eigenvalue weighted by molar-refractivity contribution is 7.83. The van der Waals surface area contributed by atoms with Crippen molar-refractivity contribution in [3.63, 3.8) is 0 Å². The Hall–Kier alpha value is -2.21. The lowest BCUT2D eigenvalue weighted by Gasteiger charge is -1.95. The van der Waals surface area contributed by atoms with Crippen LogP contribution >= 0.6 is 0 Å². The minimum absolute atomic E-state index is 0.328. The van der Waals surface area contributed by atoms with Crippen LogP contribution in [0.2, 0.25) is 0 Å². The summed E-state index contributed by atoms with van der Waals surface area (Å²) in [5, 5.41) is 3.78. The molecule has 0 N–H and O–H groups in total. The zero-order valence-corrected chi connectivity index (χ0v) is 12.3. The van der Waals surface area contributed by atoms with Crippen LogP contribution in [0.15, 0.2) is 51.6 Å². The molecule has 0 amide bonds. The molecular weight excluding hydrogens is 288 g/mol. The molecule has 5 nitrogen and oxygen atoms in total. The molecule has 0 saturated carbocycles. The van der Waals surface area contributed by atoms with Crippen molar-refractivity contribution in [2.45, 2.75) is 18.4 Å². The summed E-state index contributed by atoms with van der Waals surface area (Å²) in [5.74, 6) is 1.82. The Morgan fingerprint density at radius 2 is 2.00 bits per heavy atom. The normalized spacial score (nSPS) is 12.4. The minimum atomic E-state index is -1.11. The highest BCUT2D eigenvalue weighted by Crippen LogP contribution is 2.19. The molecule has 6 heteroatoms. The molecule has 1 atom stereocenters. The number of nitrogens with zero attached hydrogens (tertiary/aromatic N) is 2. The molecule has 0 aliphatic rings. The van der Waals surface area contributed by atoms with Crippen molar-refractivity contribution in [3.05, 3.63) is 59.8 Å². The van der Waals surface area contributed by atoms with Crippen molar-refractivity contribution in [1.29, 1.82) is 0 Å². The summed E-state index contributed by atoms with van der Waals surface area (Å²) in [6.07, 6.45) is 1.55. The Morgan fingerprint density at radius 1 is 1.19 bits per heavy atom. The summed E-state index contributed by atoms with van der Waals surface area (Å²) in [6, 6.07) is 11.4. The number of hydrogen-bond donors (Lipinski definition) is 0. The molecule has 0 bridgehead atoms. The lowest BCUT2D eigenvalue weighted by atomic mass is 10.2. The third kappa shape index (κ3) is 3.46. The maximum atomic E-state index is 12.1. The fourth-order valence-corrected chi connectivity index (χ4v) is 2.96. The fraction of sp³-hybridized carbons (Fsp3) is 0.200. The van der Waals surface area contributed by atoms with Crippen molar-refractivity contribution >= 4 is 10.8 Å². The van der Waals surface area contributed by atoms with Gasteiger partial charge in [-0.1, -0.05) is 23.4 Å². The first kappa shape index (κ1) is 13.8. The standard InChI is InChI=1S/C15H14N2O3S/c1-11-7-14(20-17-11)10-21(18)9-13-8-19-15(16-13)12-5-3-2-4-6-12/h2-8H,9-10H2,1H3. The van der Waals surface area contributed by atoms with Crippen LogP contribution in [0.4, 0.5) is 0 Å². The van der Waals surface area contributed by atoms with Gasteiger partial charge in [0.25, 0.3) is 0 Å². The van der Waals surface area contributed by atoms with Crippen molar-refractivity contribution in [1.82, 2.24) is 10.1 Å². The van der Waals surface area contributed by atoms with E-state index in [-0.39, 0.29) is 0 Å². The van der Waals surface area contributed by atoms with Crippen molar-refractivity contribution in [2.75, 3.05) is 0 Å². The Kier molecular flexibility index (Phi) is 3.96. The average molecular weight is 302 g/mol. The second-order valence-corrected chi connectivity index (χ2v) is 6.13. The molecule has 108 valence electrons. The van der Waals surface area contributed by atoms with Gasteiger partial charge >= 0.3 is 0 Å². The van der Waals surface area contributed by atoms with Crippen LogP contribution in [0.3, 0.4) is 0 Å². The van der Waals surface area contributed by atoms with E-state index in [0.29, 0.717) is 28.9 Å². The van der Waals surface area contributed by atoms with Crippen LogP contribution in [0.25, 0.3) is 11.5 Å². The van der Waals surface area contributed by atoms with E-state index in [1.807, 2.05) is 37.3 Å². The zero-order chi connectivity index (χ0) is 14.7. The number of rotatable bonds is 5. The number of oxazole rings is 1. The van der Waals surface area contributed by atoms with Crippen LogP contribution in [0.5, 0.6) is 0 Å². The summed E-state index contributed by atoms with van der Waals surface area (Å²) in [7, 11) is -1.11. The smallest absolute Gasteiger partial charge is 0.226 e. The van der Waals surface area contributed by atoms with Gasteiger partial charge in [-0.3, -0.25) is 4.21 Å². The first-order chi connectivity index (χ1) is 10.2. The molecule has 2 heterocycles. The van der Waals surface area contributed by atoms with Gasteiger partial charge in [0.05, 0.1) is 22.9 Å². The molecule has 0 fully saturated rings. The Morgan fingerprint density at radius 3 is 2.71 bits per heavy atom. The van der Waals surface area contributed by atoms with Crippen molar-refractivity contribution in [2.24, 2.45) is 0 Å². The molecule has 0 aliphatic heterocycles. The summed E-state index contributed by atoms with van der Waals surface area (Å²) in [4.78, 5) is 4.36. The lowest BCUT2D eigenvalue weighted by Crippen LogP contribution is -1.99. The molecule has 2 aromatic heterocycles. The Labute approximate surface area is 124 Å². The summed E-state index contributed by atoms with van der Waals surface area (Å²) >= 11 is 0. The van der Waals surface area contributed by atoms with Gasteiger partial charge in [0.2, 0.25) is 5.89 Å². The molecule has 0 saturated heterocycles. The number of hydrogen-bond acceptors (Lipinski definition) is 5. The highest BCUT2D eigenvalue weighted by Gasteiger charge is 2.12. The van der Waals surface area contributed by atoms with Gasteiger partial charge in [-0.2, -0.15) is 0 Å². The summed E-state index contributed by atoms with van der Waals surface area (Å²) in [5.41, 5.74) is 2.36. The van der Waals surface area contributed by atoms with E-state index in [1.165, 1.54) is 0 Å². The third-order valence-corrected chi connectivity index (χ3v) is 4.09. The maximum Gasteiger partial charge on any atom is 0.226 e. The molecule has 1 aromatic carbocycles. The zero-order valence-electron chi connectivity index (χ0n) is 11.5. The van der Waals surface area contributed by atoms with Gasteiger partial charge in [0, 0.05) is 22.4 Å². The Balaban J connectivity index is 1.66. The van der Waals surface area contributed by atoms with Gasteiger partial charge in [-0.25, -0.2) is 4.98 Å². The Bertz CT molecular complexity index is 749. The van der Waals surface area contributed by atoms with Gasteiger partial charge in [0.1, 0.15) is 12.0 Å². The first-order valence-electron chi connectivity index (χ1n) is 6.48. The van der Waals surface area contributed by atoms with E-state index in [0.717, 1.165) is 11.3 Å². The van der Waals surface area contributed by atoms with E-state index in [9.17, 15) is 4.21 Å². The quantitative estimate of drug-likeness (QED) is 0.724. The SMILES string of the molecule is Cc1cc(CS(=O)Cc2coc(-c3ccccc3)n2)on1. The number of aromatic nitrogens is 2. The average Bonchev–Trinajstić information content (AvgIpc) is 3.09. The van der Waals surface area contributed by atoms with E-state index >= 15 is 0 Å². The van der Waals surface area contributed by atoms with Gasteiger partial charge in [0.15, 0.2) is 0 Å². The molecule has 0 radical (unpaired) electrons. The minimum Gasteiger partial charge on any atom is -0.444 e. The molecular formula is C15H14N2O3S. The highest BCUT2D eigenvalue weighted by atomic mass is 32.2. The second kappa shape index (κ2) is 6.05. The predicted octanol–water partition coefficient (Wildman–Crippen LogP) is 3.09. The van der Waals surface area contributed by atoms with Crippen LogP contribution in [0, 0.1) is 6.92 Å². The van der Waals surface area contributed by atoms with E-state index < -0.39 is 10.8 Å². The largest absolute Gasteiger partial charge is 0.444 e. The predicted molar refractivity (Wildman–Crippen MR) is 78.7 cm³/mol. The lowest BCUT2D eigenvalue weighted by molar-refractivity contribution is 0.390. The maximum absolute atomic E-state index is 12.1. The van der Waals surface area contributed by atoms with Crippen LogP contribution in [-0.2, 0) is 22.3 Å². The topological polar surface area (TPSA) is 69.1 Å². The van der Waals surface area contributed by atoms with Gasteiger partial charge < -0.3 is 8.94 Å². The van der Waals surface area contributed by atoms with Gasteiger partial charge in [-0.05, 0) is 19.1 Å². The summed E-state index contributed by atoms with van der Waals surface area (Å²) < 4.78 is 22.6. The molecule has 0 aliphatic carbocycles. The second-order valence-electron chi connectivity index (χ2n) is 4.67. The van der Waals surface area contributed by atoms with Gasteiger partial charge in [-0.15, -0.1) is 0 Å². The van der Waals surface area contributed by atoms with Crippen molar-refractivity contribution < 1.29 is 13.1 Å². The van der Waals surface area contributed by atoms with Crippen LogP contribution in [0.1, 0.15) is 17.1 Å². The fourth-order valence-electron chi connectivity index (χ4n) is 1.95.